The van der Waals surface area contributed by atoms with Crippen molar-refractivity contribution in [1.82, 2.24) is 15.5 Å². The lowest BCUT2D eigenvalue weighted by molar-refractivity contribution is 0.00212. The van der Waals surface area contributed by atoms with Crippen molar-refractivity contribution >= 4 is 6.03 Å². The maximum Gasteiger partial charge on any atom is 0.315 e. The van der Waals surface area contributed by atoms with E-state index in [1.165, 1.54) is 0 Å². The van der Waals surface area contributed by atoms with Crippen molar-refractivity contribution in [2.75, 3.05) is 53.2 Å². The minimum atomic E-state index is -0.141. The lowest BCUT2D eigenvalue weighted by Gasteiger charge is -2.37. The fraction of sp³-hybridized carbons (Fsp3) is 0.632. The van der Waals surface area contributed by atoms with Crippen LogP contribution in [0.2, 0.25) is 0 Å². The molecular formula is C19H29N3O4. The number of benzene rings is 1. The fourth-order valence-corrected chi connectivity index (χ4v) is 3.54. The van der Waals surface area contributed by atoms with Crippen molar-refractivity contribution in [2.45, 2.75) is 19.0 Å². The highest BCUT2D eigenvalue weighted by molar-refractivity contribution is 5.73. The predicted octanol–water partition coefficient (Wildman–Crippen LogP) is 1.23. The monoisotopic (exact) mass is 363 g/mol. The van der Waals surface area contributed by atoms with Crippen LogP contribution in [0, 0.1) is 5.92 Å². The van der Waals surface area contributed by atoms with Gasteiger partial charge in [0.25, 0.3) is 0 Å². The zero-order valence-corrected chi connectivity index (χ0v) is 15.4. The van der Waals surface area contributed by atoms with Gasteiger partial charge < -0.3 is 24.8 Å². The molecule has 0 saturated carbocycles. The zero-order valence-electron chi connectivity index (χ0n) is 15.4. The van der Waals surface area contributed by atoms with Crippen molar-refractivity contribution in [3.05, 3.63) is 29.8 Å². The molecule has 2 fully saturated rings. The molecule has 144 valence electrons. The van der Waals surface area contributed by atoms with Gasteiger partial charge in [0.15, 0.2) is 0 Å². The Morgan fingerprint density at radius 2 is 1.96 bits per heavy atom. The molecule has 0 radical (unpaired) electrons. The van der Waals surface area contributed by atoms with E-state index in [1.807, 2.05) is 24.3 Å². The first-order chi connectivity index (χ1) is 12.8. The summed E-state index contributed by atoms with van der Waals surface area (Å²) in [7, 11) is 1.64. The van der Waals surface area contributed by atoms with Crippen LogP contribution in [0.4, 0.5) is 4.79 Å². The van der Waals surface area contributed by atoms with E-state index in [0.717, 1.165) is 57.3 Å². The van der Waals surface area contributed by atoms with Gasteiger partial charge in [-0.2, -0.15) is 0 Å². The standard InChI is InChI=1S/C19H29N3O4/c1-24-17-4-2-15(3-5-17)12-20-19(23)21-13-18(16-6-9-26-14-16)22-7-10-25-11-8-22/h2-5,16,18H,6-14H2,1H3,(H2,20,21,23)/t16-,18+/m1/s1. The average molecular weight is 363 g/mol. The fourth-order valence-electron chi connectivity index (χ4n) is 3.54. The summed E-state index contributed by atoms with van der Waals surface area (Å²) in [4.78, 5) is 14.6. The Labute approximate surface area is 155 Å². The Morgan fingerprint density at radius 3 is 2.62 bits per heavy atom. The van der Waals surface area contributed by atoms with Crippen molar-refractivity contribution < 1.29 is 19.0 Å². The molecule has 7 heteroatoms. The number of amides is 2. The van der Waals surface area contributed by atoms with E-state index in [9.17, 15) is 4.79 Å². The van der Waals surface area contributed by atoms with Crippen molar-refractivity contribution in [3.63, 3.8) is 0 Å². The summed E-state index contributed by atoms with van der Waals surface area (Å²) in [5.41, 5.74) is 1.04. The van der Waals surface area contributed by atoms with Gasteiger partial charge in [0.2, 0.25) is 0 Å². The van der Waals surface area contributed by atoms with Crippen LogP contribution < -0.4 is 15.4 Å². The first-order valence-electron chi connectivity index (χ1n) is 9.30. The van der Waals surface area contributed by atoms with E-state index in [-0.39, 0.29) is 6.03 Å². The molecule has 2 amide bonds. The zero-order chi connectivity index (χ0) is 18.2. The van der Waals surface area contributed by atoms with E-state index in [4.69, 9.17) is 14.2 Å². The number of carbonyl (C=O) groups excluding carboxylic acids is 1. The largest absolute Gasteiger partial charge is 0.497 e. The molecule has 2 atom stereocenters. The number of rotatable bonds is 7. The van der Waals surface area contributed by atoms with Crippen LogP contribution in [0.1, 0.15) is 12.0 Å². The number of urea groups is 1. The van der Waals surface area contributed by atoms with Crippen LogP contribution in [-0.2, 0) is 16.0 Å². The summed E-state index contributed by atoms with van der Waals surface area (Å²) in [5.74, 6) is 1.28. The molecule has 0 spiro atoms. The first kappa shape index (κ1) is 18.9. The van der Waals surface area contributed by atoms with Crippen molar-refractivity contribution in [3.8, 4) is 5.75 Å². The van der Waals surface area contributed by atoms with E-state index in [0.29, 0.717) is 25.0 Å². The summed E-state index contributed by atoms with van der Waals surface area (Å²) in [6.45, 7) is 6.05. The summed E-state index contributed by atoms with van der Waals surface area (Å²) < 4.78 is 16.2. The van der Waals surface area contributed by atoms with Gasteiger partial charge in [0.1, 0.15) is 5.75 Å². The van der Waals surface area contributed by atoms with Gasteiger partial charge in [-0.05, 0) is 24.1 Å². The third-order valence-corrected chi connectivity index (χ3v) is 5.11. The topological polar surface area (TPSA) is 72.1 Å². The normalized spacial score (nSPS) is 22.0. The SMILES string of the molecule is COc1ccc(CNC(=O)NC[C@@H]([C@@H]2CCOC2)N2CCOCC2)cc1. The van der Waals surface area contributed by atoms with Gasteiger partial charge in [-0.15, -0.1) is 0 Å². The van der Waals surface area contributed by atoms with Crippen LogP contribution in [0.15, 0.2) is 24.3 Å². The molecule has 0 unspecified atom stereocenters. The van der Waals surface area contributed by atoms with Gasteiger partial charge >= 0.3 is 6.03 Å². The van der Waals surface area contributed by atoms with Crippen LogP contribution >= 0.6 is 0 Å². The number of hydrogen-bond acceptors (Lipinski definition) is 5. The van der Waals surface area contributed by atoms with Crippen LogP contribution in [0.3, 0.4) is 0 Å². The molecule has 2 heterocycles. The van der Waals surface area contributed by atoms with Crippen LogP contribution in [0.5, 0.6) is 5.75 Å². The molecule has 1 aromatic carbocycles. The molecule has 1 aromatic rings. The first-order valence-corrected chi connectivity index (χ1v) is 9.30. The Morgan fingerprint density at radius 1 is 1.19 bits per heavy atom. The van der Waals surface area contributed by atoms with E-state index < -0.39 is 0 Å². The number of carbonyl (C=O) groups is 1. The highest BCUT2D eigenvalue weighted by Crippen LogP contribution is 2.21. The van der Waals surface area contributed by atoms with Crippen LogP contribution in [0.25, 0.3) is 0 Å². The smallest absolute Gasteiger partial charge is 0.315 e. The number of nitrogens with zero attached hydrogens (tertiary/aromatic N) is 1. The molecule has 2 aliphatic heterocycles. The highest BCUT2D eigenvalue weighted by atomic mass is 16.5. The Bertz CT molecular complexity index is 554. The maximum atomic E-state index is 12.2. The van der Waals surface area contributed by atoms with E-state index in [1.54, 1.807) is 7.11 Å². The van der Waals surface area contributed by atoms with Gasteiger partial charge in [0, 0.05) is 44.7 Å². The number of hydrogen-bond donors (Lipinski definition) is 2. The van der Waals surface area contributed by atoms with Crippen LogP contribution in [-0.4, -0.2) is 70.1 Å². The molecule has 2 aliphatic rings. The third kappa shape index (κ3) is 5.33. The molecular weight excluding hydrogens is 334 g/mol. The Kier molecular flexibility index (Phi) is 7.11. The number of nitrogens with one attached hydrogen (secondary N) is 2. The molecule has 3 rings (SSSR count). The second kappa shape index (κ2) is 9.75. The molecule has 2 saturated heterocycles. The summed E-state index contributed by atoms with van der Waals surface area (Å²) >= 11 is 0. The minimum Gasteiger partial charge on any atom is -0.497 e. The lowest BCUT2D eigenvalue weighted by atomic mass is 9.97. The second-order valence-electron chi connectivity index (χ2n) is 6.75. The van der Waals surface area contributed by atoms with Gasteiger partial charge in [-0.25, -0.2) is 4.79 Å². The average Bonchev–Trinajstić information content (AvgIpc) is 3.22. The maximum absolute atomic E-state index is 12.2. The lowest BCUT2D eigenvalue weighted by Crippen LogP contribution is -2.53. The summed E-state index contributed by atoms with van der Waals surface area (Å²) in [6, 6.07) is 7.84. The van der Waals surface area contributed by atoms with E-state index >= 15 is 0 Å². The third-order valence-electron chi connectivity index (χ3n) is 5.11. The summed E-state index contributed by atoms with van der Waals surface area (Å²) in [6.07, 6.45) is 1.05. The summed E-state index contributed by atoms with van der Waals surface area (Å²) in [5, 5.41) is 5.96. The highest BCUT2D eigenvalue weighted by Gasteiger charge is 2.31. The predicted molar refractivity (Wildman–Crippen MR) is 98.3 cm³/mol. The van der Waals surface area contributed by atoms with Gasteiger partial charge in [-0.1, -0.05) is 12.1 Å². The Balaban J connectivity index is 1.46. The number of ether oxygens (including phenoxy) is 3. The molecule has 0 aromatic heterocycles. The number of morpholine rings is 1. The molecule has 7 nitrogen and oxygen atoms in total. The second-order valence-corrected chi connectivity index (χ2v) is 6.75. The Hall–Kier alpha value is -1.83. The molecule has 26 heavy (non-hydrogen) atoms. The van der Waals surface area contributed by atoms with Gasteiger partial charge in [0.05, 0.1) is 26.9 Å². The molecule has 0 aliphatic carbocycles. The van der Waals surface area contributed by atoms with Crippen molar-refractivity contribution in [1.29, 1.82) is 0 Å². The quantitative estimate of drug-likeness (QED) is 0.762. The van der Waals surface area contributed by atoms with E-state index in [2.05, 4.69) is 15.5 Å². The van der Waals surface area contributed by atoms with Crippen molar-refractivity contribution in [2.24, 2.45) is 5.92 Å². The molecule has 0 bridgehead atoms. The number of methoxy groups -OCH3 is 1. The van der Waals surface area contributed by atoms with Gasteiger partial charge in [-0.3, -0.25) is 4.90 Å². The minimum absolute atomic E-state index is 0.141. The molecule has 2 N–H and O–H groups in total.